The van der Waals surface area contributed by atoms with E-state index in [0.29, 0.717) is 0 Å². The van der Waals surface area contributed by atoms with Crippen LogP contribution in [0.1, 0.15) is 36.8 Å². The van der Waals surface area contributed by atoms with Crippen LogP contribution in [0.25, 0.3) is 0 Å². The maximum atomic E-state index is 12.5. The lowest BCUT2D eigenvalue weighted by atomic mass is 9.70. The highest BCUT2D eigenvalue weighted by Crippen LogP contribution is 2.77. The maximum Gasteiger partial charge on any atom is 0.160 e. The van der Waals surface area contributed by atoms with Gasteiger partial charge in [0.1, 0.15) is 5.60 Å². The number of epoxide rings is 1. The van der Waals surface area contributed by atoms with E-state index in [1.807, 2.05) is 12.1 Å². The minimum Gasteiger partial charge on any atom is -0.362 e. The fourth-order valence-corrected chi connectivity index (χ4v) is 5.41. The summed E-state index contributed by atoms with van der Waals surface area (Å²) < 4.78 is 6.18. The van der Waals surface area contributed by atoms with Gasteiger partial charge >= 0.3 is 0 Å². The van der Waals surface area contributed by atoms with Gasteiger partial charge in [0.25, 0.3) is 0 Å². The predicted molar refractivity (Wildman–Crippen MR) is 76.0 cm³/mol. The highest BCUT2D eigenvalue weighted by atomic mass is 16.6. The standard InChI is InChI=1S/C18H16O3/c1-17(2)18(21-17)15-9-5-3-4-6-10(9)16(18)14-12(20)8-7-11(19)13(14)15/h3-8,13-16H,1-2H3/t13-,14-,15-,16+,18?/m0/s1. The summed E-state index contributed by atoms with van der Waals surface area (Å²) in [4.78, 5) is 24.9. The number of hydrogen-bond acceptors (Lipinski definition) is 3. The van der Waals surface area contributed by atoms with Gasteiger partial charge in [-0.1, -0.05) is 24.3 Å². The molecule has 1 unspecified atom stereocenters. The molecule has 21 heavy (non-hydrogen) atoms. The van der Waals surface area contributed by atoms with Crippen molar-refractivity contribution >= 4 is 11.6 Å². The number of hydrogen-bond donors (Lipinski definition) is 0. The number of benzene rings is 1. The van der Waals surface area contributed by atoms with Crippen LogP contribution in [0.5, 0.6) is 0 Å². The second-order valence-electron chi connectivity index (χ2n) is 7.18. The molecule has 5 rings (SSSR count). The Labute approximate surface area is 123 Å². The third-order valence-electron chi connectivity index (χ3n) is 6.09. The smallest absolute Gasteiger partial charge is 0.160 e. The fourth-order valence-electron chi connectivity index (χ4n) is 5.41. The molecular weight excluding hydrogens is 264 g/mol. The molecule has 1 heterocycles. The minimum absolute atomic E-state index is 0.0279. The van der Waals surface area contributed by atoms with E-state index < -0.39 is 0 Å². The van der Waals surface area contributed by atoms with Crippen molar-refractivity contribution < 1.29 is 14.3 Å². The van der Waals surface area contributed by atoms with Gasteiger partial charge in [0.2, 0.25) is 0 Å². The predicted octanol–water partition coefficient (Wildman–Crippen LogP) is 2.37. The Balaban J connectivity index is 1.80. The van der Waals surface area contributed by atoms with Crippen molar-refractivity contribution in [3.05, 3.63) is 47.5 Å². The zero-order valence-corrected chi connectivity index (χ0v) is 12.0. The highest BCUT2D eigenvalue weighted by molar-refractivity contribution is 6.09. The van der Waals surface area contributed by atoms with Crippen LogP contribution in [-0.4, -0.2) is 22.8 Å². The van der Waals surface area contributed by atoms with E-state index in [0.717, 1.165) is 0 Å². The Bertz CT molecular complexity index is 692. The van der Waals surface area contributed by atoms with Crippen LogP contribution in [0.4, 0.5) is 0 Å². The largest absolute Gasteiger partial charge is 0.362 e. The molecule has 1 aliphatic heterocycles. The second kappa shape index (κ2) is 3.20. The molecule has 106 valence electrons. The van der Waals surface area contributed by atoms with Gasteiger partial charge in [0.05, 0.1) is 5.60 Å². The first-order chi connectivity index (χ1) is 9.99. The maximum absolute atomic E-state index is 12.5. The molecule has 0 aromatic heterocycles. The van der Waals surface area contributed by atoms with Crippen molar-refractivity contribution in [2.24, 2.45) is 11.8 Å². The van der Waals surface area contributed by atoms with E-state index in [1.165, 1.54) is 23.3 Å². The fraction of sp³-hybridized carbons (Fsp3) is 0.444. The topological polar surface area (TPSA) is 46.7 Å². The average Bonchev–Trinajstić information content (AvgIpc) is 2.78. The van der Waals surface area contributed by atoms with Crippen molar-refractivity contribution in [1.82, 2.24) is 0 Å². The summed E-state index contributed by atoms with van der Waals surface area (Å²) in [6.07, 6.45) is 2.94. The molecule has 3 heteroatoms. The number of allylic oxidation sites excluding steroid dienone is 2. The third-order valence-corrected chi connectivity index (χ3v) is 6.09. The molecule has 2 fully saturated rings. The van der Waals surface area contributed by atoms with E-state index >= 15 is 0 Å². The van der Waals surface area contributed by atoms with E-state index in [9.17, 15) is 9.59 Å². The van der Waals surface area contributed by atoms with Crippen molar-refractivity contribution in [1.29, 1.82) is 0 Å². The van der Waals surface area contributed by atoms with Crippen molar-refractivity contribution in [2.75, 3.05) is 0 Å². The number of ketones is 2. The number of carbonyl (C=O) groups excluding carboxylic acids is 2. The van der Waals surface area contributed by atoms with E-state index in [4.69, 9.17) is 4.74 Å². The molecule has 5 atom stereocenters. The summed E-state index contributed by atoms with van der Waals surface area (Å²) in [6.45, 7) is 4.16. The molecule has 3 nitrogen and oxygen atoms in total. The number of fused-ring (bicyclic) bond motifs is 6. The number of ether oxygens (including phenoxy) is 1. The Morgan fingerprint density at radius 1 is 0.905 bits per heavy atom. The van der Waals surface area contributed by atoms with Gasteiger partial charge in [-0.25, -0.2) is 0 Å². The highest BCUT2D eigenvalue weighted by Gasteiger charge is 2.83. The molecule has 3 aliphatic carbocycles. The lowest BCUT2D eigenvalue weighted by Crippen LogP contribution is -2.35. The average molecular weight is 280 g/mol. The minimum atomic E-state index is -0.358. The van der Waals surface area contributed by atoms with Crippen molar-refractivity contribution in [3.8, 4) is 0 Å². The molecular formula is C18H16O3. The van der Waals surface area contributed by atoms with Crippen LogP contribution in [0, 0.1) is 11.8 Å². The molecule has 0 N–H and O–H groups in total. The molecule has 1 aromatic carbocycles. The molecule has 1 saturated carbocycles. The number of carbonyl (C=O) groups is 2. The summed E-state index contributed by atoms with van der Waals surface area (Å²) in [7, 11) is 0. The van der Waals surface area contributed by atoms with Crippen LogP contribution in [0.15, 0.2) is 36.4 Å². The van der Waals surface area contributed by atoms with Crippen molar-refractivity contribution in [3.63, 3.8) is 0 Å². The quantitative estimate of drug-likeness (QED) is 0.685. The first-order valence-corrected chi connectivity index (χ1v) is 7.54. The third kappa shape index (κ3) is 1.07. The Kier molecular flexibility index (Phi) is 1.81. The molecule has 0 radical (unpaired) electrons. The molecule has 1 saturated heterocycles. The van der Waals surface area contributed by atoms with E-state index in [-0.39, 0.29) is 46.4 Å². The summed E-state index contributed by atoms with van der Waals surface area (Å²) in [6, 6.07) is 8.24. The molecule has 4 aliphatic rings. The summed E-state index contributed by atoms with van der Waals surface area (Å²) in [5.74, 6) is -0.229. The lowest BCUT2D eigenvalue weighted by molar-refractivity contribution is -0.128. The van der Waals surface area contributed by atoms with Crippen LogP contribution in [0.3, 0.4) is 0 Å². The van der Waals surface area contributed by atoms with Gasteiger partial charge in [-0.3, -0.25) is 9.59 Å². The molecule has 1 spiro atoms. The molecule has 2 bridgehead atoms. The van der Waals surface area contributed by atoms with Gasteiger partial charge in [-0.15, -0.1) is 0 Å². The van der Waals surface area contributed by atoms with E-state index in [1.54, 1.807) is 0 Å². The zero-order valence-electron chi connectivity index (χ0n) is 12.0. The summed E-state index contributed by atoms with van der Waals surface area (Å²) in [5, 5.41) is 0. The van der Waals surface area contributed by atoms with Crippen LogP contribution in [0.2, 0.25) is 0 Å². The Hall–Kier alpha value is -1.74. The van der Waals surface area contributed by atoms with Crippen molar-refractivity contribution in [2.45, 2.75) is 36.9 Å². The van der Waals surface area contributed by atoms with Crippen LogP contribution >= 0.6 is 0 Å². The summed E-state index contributed by atoms with van der Waals surface area (Å²) in [5.41, 5.74) is 1.80. The second-order valence-corrected chi connectivity index (χ2v) is 7.18. The Morgan fingerprint density at radius 3 is 1.71 bits per heavy atom. The summed E-state index contributed by atoms with van der Waals surface area (Å²) >= 11 is 0. The number of rotatable bonds is 0. The Morgan fingerprint density at radius 2 is 1.33 bits per heavy atom. The molecule has 1 aromatic rings. The van der Waals surface area contributed by atoms with E-state index in [2.05, 4.69) is 26.0 Å². The molecule has 0 amide bonds. The van der Waals surface area contributed by atoms with Gasteiger partial charge < -0.3 is 4.74 Å². The van der Waals surface area contributed by atoms with Crippen LogP contribution < -0.4 is 0 Å². The van der Waals surface area contributed by atoms with Gasteiger partial charge in [0.15, 0.2) is 11.6 Å². The zero-order chi connectivity index (χ0) is 14.6. The van der Waals surface area contributed by atoms with Gasteiger partial charge in [0, 0.05) is 23.7 Å². The van der Waals surface area contributed by atoms with Gasteiger partial charge in [-0.2, -0.15) is 0 Å². The monoisotopic (exact) mass is 280 g/mol. The first-order valence-electron chi connectivity index (χ1n) is 7.54. The van der Waals surface area contributed by atoms with Crippen LogP contribution in [-0.2, 0) is 14.3 Å². The lowest BCUT2D eigenvalue weighted by Gasteiger charge is -2.30. The normalized spacial score (nSPS) is 44.1. The first kappa shape index (κ1) is 11.9. The van der Waals surface area contributed by atoms with Gasteiger partial charge in [-0.05, 0) is 37.1 Å². The SMILES string of the molecule is CC1(C)OC12[C@@H]1c3ccccc3[C@H]2[C@H]2C(=O)C=CC(=O)[C@@H]21.